The maximum atomic E-state index is 13.3. The molecule has 1 N–H and O–H groups in total. The molecule has 2 aliphatic rings. The predicted molar refractivity (Wildman–Crippen MR) is 209 cm³/mol. The lowest BCUT2D eigenvalue weighted by Crippen LogP contribution is -2.51. The summed E-state index contributed by atoms with van der Waals surface area (Å²) in [6.07, 6.45) is -2.17. The molecule has 5 atom stereocenters. The molecule has 3 heterocycles. The number of aromatic nitrogens is 2. The average molecular weight is 803 g/mol. The van der Waals surface area contributed by atoms with Crippen molar-refractivity contribution in [1.29, 1.82) is 0 Å². The number of nitrogens with one attached hydrogen (secondary N) is 1. The van der Waals surface area contributed by atoms with Crippen LogP contribution in [0.2, 0.25) is 18.1 Å². The molecule has 0 radical (unpaired) electrons. The van der Waals surface area contributed by atoms with Gasteiger partial charge >= 0.3 is 5.69 Å². The molecule has 0 saturated carbocycles. The number of H-pyrrole nitrogens is 1. The van der Waals surface area contributed by atoms with E-state index in [0.717, 1.165) is 4.90 Å². The van der Waals surface area contributed by atoms with Crippen LogP contribution in [0.3, 0.4) is 0 Å². The van der Waals surface area contributed by atoms with Crippen LogP contribution in [0.5, 0.6) is 0 Å². The number of nitrogens with zero attached hydrogens (tertiary/aromatic N) is 5. The SMILES string of the molecule is [C-]#[N+]CCOP(OC1[C@@H](O[Si](C)(C)C(C)(C)C)[C@@H](COCCN(C)C(=O)CN2C(=O)c3ccccc3C2=O)O[C@H]1n1ccc(=O)[nH]c1=O)N(C(C)C)C(C)C. The highest BCUT2D eigenvalue weighted by Crippen LogP contribution is 2.52. The molecule has 4 rings (SSSR count). The number of aromatic amines is 1. The topological polar surface area (TPSA) is 166 Å². The Bertz CT molecular complexity index is 1800. The zero-order valence-corrected chi connectivity index (χ0v) is 35.3. The Morgan fingerprint density at radius 1 is 1.02 bits per heavy atom. The van der Waals surface area contributed by atoms with Gasteiger partial charge in [-0.05, 0) is 58.0 Å². The van der Waals surface area contributed by atoms with Crippen molar-refractivity contribution in [3.05, 3.63) is 79.9 Å². The molecule has 1 saturated heterocycles. The summed E-state index contributed by atoms with van der Waals surface area (Å²) in [5, 5.41) is -0.225. The molecule has 1 fully saturated rings. The number of rotatable bonds is 18. The van der Waals surface area contributed by atoms with Crippen molar-refractivity contribution in [1.82, 2.24) is 24.0 Å². The number of benzene rings is 1. The van der Waals surface area contributed by atoms with Gasteiger partial charge in [-0.3, -0.25) is 33.6 Å². The second-order valence-corrected chi connectivity index (χ2v) is 21.8. The molecule has 16 nitrogen and oxygen atoms in total. The number of carbonyl (C=O) groups excluding carboxylic acids is 3. The maximum Gasteiger partial charge on any atom is 0.330 e. The van der Waals surface area contributed by atoms with Crippen LogP contribution in [0.1, 0.15) is 75.4 Å². The number of hydrogen-bond acceptors (Lipinski definition) is 11. The summed E-state index contributed by atoms with van der Waals surface area (Å²) in [4.78, 5) is 72.2. The Morgan fingerprint density at radius 2 is 1.64 bits per heavy atom. The van der Waals surface area contributed by atoms with E-state index in [9.17, 15) is 24.0 Å². The summed E-state index contributed by atoms with van der Waals surface area (Å²) in [6.45, 7) is 26.0. The van der Waals surface area contributed by atoms with E-state index in [4.69, 9.17) is 29.5 Å². The van der Waals surface area contributed by atoms with Gasteiger partial charge in [-0.25, -0.2) is 16.0 Å². The summed E-state index contributed by atoms with van der Waals surface area (Å²) < 4.78 is 36.3. The van der Waals surface area contributed by atoms with Crippen molar-refractivity contribution in [2.45, 2.75) is 103 Å². The van der Waals surface area contributed by atoms with Crippen LogP contribution < -0.4 is 11.2 Å². The number of hydrogen-bond donors (Lipinski definition) is 1. The number of ether oxygens (including phenoxy) is 2. The zero-order chi connectivity index (χ0) is 40.8. The second-order valence-electron chi connectivity index (χ2n) is 15.6. The first kappa shape index (κ1) is 44.1. The van der Waals surface area contributed by atoms with Gasteiger partial charge in [-0.1, -0.05) is 32.9 Å². The van der Waals surface area contributed by atoms with E-state index >= 15 is 0 Å². The highest BCUT2D eigenvalue weighted by molar-refractivity contribution is 7.44. The van der Waals surface area contributed by atoms with Crippen molar-refractivity contribution >= 4 is 34.6 Å². The number of fused-ring (bicyclic) bond motifs is 1. The third-order valence-electron chi connectivity index (χ3n) is 9.96. The Hall–Kier alpha value is -3.59. The van der Waals surface area contributed by atoms with Gasteiger partial charge in [-0.2, -0.15) is 0 Å². The lowest BCUT2D eigenvalue weighted by atomic mass is 10.1. The molecular formula is C37H55N6O10PSi. The number of likely N-dealkylation sites (N-methyl/N-ethyl adjacent to an activating group) is 1. The molecule has 1 aromatic heterocycles. The van der Waals surface area contributed by atoms with Crippen LogP contribution in [0.15, 0.2) is 46.1 Å². The summed E-state index contributed by atoms with van der Waals surface area (Å²) in [6, 6.07) is 7.67. The van der Waals surface area contributed by atoms with E-state index in [0.29, 0.717) is 0 Å². The minimum absolute atomic E-state index is 0.00811. The van der Waals surface area contributed by atoms with Gasteiger partial charge in [0.25, 0.3) is 25.9 Å². The van der Waals surface area contributed by atoms with E-state index in [1.807, 2.05) is 27.7 Å². The van der Waals surface area contributed by atoms with E-state index in [1.165, 1.54) is 21.7 Å². The monoisotopic (exact) mass is 802 g/mol. The van der Waals surface area contributed by atoms with Crippen LogP contribution in [0.25, 0.3) is 4.85 Å². The minimum Gasteiger partial charge on any atom is -0.408 e. The van der Waals surface area contributed by atoms with E-state index in [2.05, 4.69) is 48.4 Å². The third-order valence-corrected chi connectivity index (χ3v) is 16.6. The molecule has 55 heavy (non-hydrogen) atoms. The van der Waals surface area contributed by atoms with Crippen LogP contribution in [-0.4, -0.2) is 127 Å². The van der Waals surface area contributed by atoms with E-state index < -0.39 is 76.9 Å². The first-order valence-corrected chi connectivity index (χ1v) is 22.5. The van der Waals surface area contributed by atoms with Crippen molar-refractivity contribution in [2.24, 2.45) is 0 Å². The highest BCUT2D eigenvalue weighted by Gasteiger charge is 2.53. The Labute approximate surface area is 324 Å². The first-order valence-electron chi connectivity index (χ1n) is 18.4. The maximum absolute atomic E-state index is 13.3. The van der Waals surface area contributed by atoms with Gasteiger partial charge in [0, 0.05) is 37.9 Å². The molecule has 3 amide bonds. The summed E-state index contributed by atoms with van der Waals surface area (Å²) in [5.41, 5.74) is -0.723. The van der Waals surface area contributed by atoms with Crippen LogP contribution in [0, 0.1) is 6.57 Å². The molecule has 2 unspecified atom stereocenters. The van der Waals surface area contributed by atoms with Crippen LogP contribution >= 0.6 is 8.53 Å². The van der Waals surface area contributed by atoms with Gasteiger partial charge in [0.2, 0.25) is 12.5 Å². The van der Waals surface area contributed by atoms with Gasteiger partial charge in [0.05, 0.1) is 24.3 Å². The molecule has 1 aromatic carbocycles. The first-order chi connectivity index (χ1) is 25.8. The normalized spacial score (nSPS) is 20.8. The summed E-state index contributed by atoms with van der Waals surface area (Å²) in [7, 11) is -2.80. The van der Waals surface area contributed by atoms with E-state index in [1.54, 1.807) is 31.3 Å². The number of amides is 3. The lowest BCUT2D eigenvalue weighted by Gasteiger charge is -2.42. The van der Waals surface area contributed by atoms with Crippen molar-refractivity contribution in [3.63, 3.8) is 0 Å². The fourth-order valence-electron chi connectivity index (χ4n) is 6.02. The molecular weight excluding hydrogens is 747 g/mol. The summed E-state index contributed by atoms with van der Waals surface area (Å²) in [5.74, 6) is -1.46. The molecule has 2 aliphatic heterocycles. The van der Waals surface area contributed by atoms with Crippen LogP contribution in [0.4, 0.5) is 0 Å². The highest BCUT2D eigenvalue weighted by atomic mass is 31.2. The zero-order valence-electron chi connectivity index (χ0n) is 33.4. The molecule has 302 valence electrons. The van der Waals surface area contributed by atoms with Gasteiger partial charge in [0.1, 0.15) is 31.5 Å². The molecule has 18 heteroatoms. The molecule has 0 aliphatic carbocycles. The lowest BCUT2D eigenvalue weighted by molar-refractivity contribution is -0.131. The van der Waals surface area contributed by atoms with Crippen molar-refractivity contribution < 1.29 is 37.3 Å². The van der Waals surface area contributed by atoms with Gasteiger partial charge in [0.15, 0.2) is 14.5 Å². The largest absolute Gasteiger partial charge is 0.408 e. The summed E-state index contributed by atoms with van der Waals surface area (Å²) >= 11 is 0. The van der Waals surface area contributed by atoms with Gasteiger partial charge < -0.3 is 32.7 Å². The standard InChI is InChI=1S/C37H55N6O10PSi/c1-24(2)43(25(3)4)54(50-20-17-38-8)52-32-31(53-55(10,11)37(5,6)7)28(51-35(32)41-18-16-29(44)39-36(41)48)23-49-21-19-40(9)30(45)22-42-33(46)26-14-12-13-15-27(26)34(42)47/h12-16,18,24-25,28,31-32,35H,17,19-23H2,1-7,9-11H3,(H,39,44,48)/t28-,31+,32?,35-,54?/m1/s1. The molecule has 0 bridgehead atoms. The third kappa shape index (κ3) is 10.4. The van der Waals surface area contributed by atoms with Crippen LogP contribution in [-0.2, 0) is 27.7 Å². The number of imide groups is 1. The Kier molecular flexibility index (Phi) is 14.9. The quantitative estimate of drug-likeness (QED) is 0.0753. The van der Waals surface area contributed by atoms with Gasteiger partial charge in [-0.15, -0.1) is 0 Å². The Balaban J connectivity index is 1.58. The fourth-order valence-corrected chi connectivity index (χ4v) is 9.07. The second kappa shape index (κ2) is 18.6. The smallest absolute Gasteiger partial charge is 0.330 e. The fraction of sp³-hybridized carbons (Fsp3) is 0.622. The molecule has 0 spiro atoms. The minimum atomic E-state index is -2.55. The number of carbonyl (C=O) groups is 3. The Morgan fingerprint density at radius 3 is 2.18 bits per heavy atom. The molecule has 2 aromatic rings. The van der Waals surface area contributed by atoms with Crippen molar-refractivity contribution in [3.8, 4) is 0 Å². The predicted octanol–water partition coefficient (Wildman–Crippen LogP) is 4.26. The average Bonchev–Trinajstić information content (AvgIpc) is 3.54. The van der Waals surface area contributed by atoms with E-state index in [-0.39, 0.29) is 61.2 Å². The van der Waals surface area contributed by atoms with Crippen molar-refractivity contribution in [2.75, 3.05) is 46.5 Å².